The van der Waals surface area contributed by atoms with Crippen LogP contribution in [0.1, 0.15) is 34.7 Å². The Morgan fingerprint density at radius 3 is 2.97 bits per heavy atom. The lowest BCUT2D eigenvalue weighted by molar-refractivity contribution is 0.0728. The van der Waals surface area contributed by atoms with Crippen molar-refractivity contribution in [1.29, 1.82) is 0 Å². The van der Waals surface area contributed by atoms with Crippen LogP contribution in [0.25, 0.3) is 10.6 Å². The molecule has 1 aliphatic rings. The first-order valence-electron chi connectivity index (χ1n) is 9.84. The Balaban J connectivity index is 1.49. The van der Waals surface area contributed by atoms with Gasteiger partial charge in [0.25, 0.3) is 5.91 Å². The van der Waals surface area contributed by atoms with Gasteiger partial charge in [0, 0.05) is 32.1 Å². The Labute approximate surface area is 179 Å². The standard InChI is InChI=1S/C22H24N4O3S/c1-14(27)15-4-3-5-16(12-15)24-22-23-10-8-18(25-22)19-6-7-20(30-19)21(28)26-11-9-17(13-26)29-2/h3-8,10,12,14,17,27H,9,11,13H2,1-2H3,(H,23,24,25). The zero-order valence-electron chi connectivity index (χ0n) is 16.9. The van der Waals surface area contributed by atoms with E-state index in [4.69, 9.17) is 4.74 Å². The van der Waals surface area contributed by atoms with Gasteiger partial charge in [-0.05, 0) is 49.2 Å². The van der Waals surface area contributed by atoms with Crippen LogP contribution in [0.4, 0.5) is 11.6 Å². The Morgan fingerprint density at radius 1 is 1.33 bits per heavy atom. The van der Waals surface area contributed by atoms with Gasteiger partial charge in [-0.3, -0.25) is 4.79 Å². The summed E-state index contributed by atoms with van der Waals surface area (Å²) in [5.74, 6) is 0.493. The summed E-state index contributed by atoms with van der Waals surface area (Å²) < 4.78 is 5.36. The second kappa shape index (κ2) is 8.91. The van der Waals surface area contributed by atoms with Crippen molar-refractivity contribution in [3.63, 3.8) is 0 Å². The highest BCUT2D eigenvalue weighted by Gasteiger charge is 2.27. The minimum Gasteiger partial charge on any atom is -0.389 e. The van der Waals surface area contributed by atoms with Crippen LogP contribution < -0.4 is 5.32 Å². The maximum Gasteiger partial charge on any atom is 0.264 e. The molecule has 4 rings (SSSR count). The average Bonchev–Trinajstić information content (AvgIpc) is 3.44. The van der Waals surface area contributed by atoms with E-state index in [1.807, 2.05) is 47.4 Å². The number of hydrogen-bond donors (Lipinski definition) is 2. The summed E-state index contributed by atoms with van der Waals surface area (Å²) in [4.78, 5) is 25.1. The smallest absolute Gasteiger partial charge is 0.264 e. The largest absolute Gasteiger partial charge is 0.389 e. The number of anilines is 2. The van der Waals surface area contributed by atoms with E-state index >= 15 is 0 Å². The Morgan fingerprint density at radius 2 is 2.20 bits per heavy atom. The van der Waals surface area contributed by atoms with Crippen molar-refractivity contribution in [2.75, 3.05) is 25.5 Å². The Hall–Kier alpha value is -2.81. The molecule has 0 bridgehead atoms. The van der Waals surface area contributed by atoms with Gasteiger partial charge in [0.05, 0.1) is 27.7 Å². The number of nitrogens with zero attached hydrogens (tertiary/aromatic N) is 3. The van der Waals surface area contributed by atoms with Crippen molar-refractivity contribution in [2.24, 2.45) is 0 Å². The predicted octanol–water partition coefficient (Wildman–Crippen LogP) is 3.86. The number of aliphatic hydroxyl groups excluding tert-OH is 1. The van der Waals surface area contributed by atoms with E-state index in [9.17, 15) is 9.90 Å². The molecule has 3 heterocycles. The van der Waals surface area contributed by atoms with E-state index in [0.717, 1.165) is 34.8 Å². The summed E-state index contributed by atoms with van der Waals surface area (Å²) in [5, 5.41) is 12.9. The SMILES string of the molecule is COC1CCN(C(=O)c2ccc(-c3ccnc(Nc4cccc(C(C)O)c4)n3)s2)C1. The quantitative estimate of drug-likeness (QED) is 0.625. The van der Waals surface area contributed by atoms with E-state index in [-0.39, 0.29) is 12.0 Å². The van der Waals surface area contributed by atoms with Gasteiger partial charge in [-0.2, -0.15) is 0 Å². The zero-order valence-corrected chi connectivity index (χ0v) is 17.7. The topological polar surface area (TPSA) is 87.6 Å². The van der Waals surface area contributed by atoms with Gasteiger partial charge in [-0.1, -0.05) is 12.1 Å². The minimum absolute atomic E-state index is 0.0353. The molecule has 2 unspecified atom stereocenters. The summed E-state index contributed by atoms with van der Waals surface area (Å²) in [6.07, 6.45) is 2.14. The molecule has 0 aliphatic carbocycles. The van der Waals surface area contributed by atoms with Crippen LogP contribution in [0, 0.1) is 0 Å². The number of aromatic nitrogens is 2. The molecule has 0 saturated carbocycles. The third kappa shape index (κ3) is 4.51. The predicted molar refractivity (Wildman–Crippen MR) is 117 cm³/mol. The molecule has 1 fully saturated rings. The van der Waals surface area contributed by atoms with E-state index in [0.29, 0.717) is 17.4 Å². The van der Waals surface area contributed by atoms with Crippen molar-refractivity contribution < 1.29 is 14.6 Å². The highest BCUT2D eigenvalue weighted by atomic mass is 32.1. The average molecular weight is 425 g/mol. The molecule has 2 N–H and O–H groups in total. The number of likely N-dealkylation sites (tertiary alicyclic amines) is 1. The summed E-state index contributed by atoms with van der Waals surface area (Å²) in [7, 11) is 1.68. The minimum atomic E-state index is -0.546. The highest BCUT2D eigenvalue weighted by Crippen LogP contribution is 2.29. The molecule has 7 nitrogen and oxygen atoms in total. The van der Waals surface area contributed by atoms with Gasteiger partial charge < -0.3 is 20.1 Å². The number of hydrogen-bond acceptors (Lipinski definition) is 7. The molecule has 2 atom stereocenters. The number of carbonyl (C=O) groups excluding carboxylic acids is 1. The van der Waals surface area contributed by atoms with Crippen molar-refractivity contribution >= 4 is 28.9 Å². The first-order chi connectivity index (χ1) is 14.5. The third-order valence-corrected chi connectivity index (χ3v) is 6.21. The lowest BCUT2D eigenvalue weighted by Crippen LogP contribution is -2.29. The van der Waals surface area contributed by atoms with Gasteiger partial charge in [-0.25, -0.2) is 9.97 Å². The molecule has 1 aromatic carbocycles. The van der Waals surface area contributed by atoms with Crippen molar-refractivity contribution in [3.05, 3.63) is 59.1 Å². The number of amides is 1. The molecule has 8 heteroatoms. The lowest BCUT2D eigenvalue weighted by atomic mass is 10.1. The number of carbonyl (C=O) groups is 1. The molecule has 0 spiro atoms. The first-order valence-corrected chi connectivity index (χ1v) is 10.7. The highest BCUT2D eigenvalue weighted by molar-refractivity contribution is 7.17. The first kappa shape index (κ1) is 20.5. The van der Waals surface area contributed by atoms with E-state index in [2.05, 4.69) is 15.3 Å². The summed E-state index contributed by atoms with van der Waals surface area (Å²) in [6.45, 7) is 3.08. The van der Waals surface area contributed by atoms with Crippen LogP contribution in [-0.4, -0.2) is 52.2 Å². The summed E-state index contributed by atoms with van der Waals surface area (Å²) in [5.41, 5.74) is 2.36. The van der Waals surface area contributed by atoms with Gasteiger partial charge in [0.15, 0.2) is 0 Å². The molecule has 1 saturated heterocycles. The molecule has 30 heavy (non-hydrogen) atoms. The number of aliphatic hydroxyl groups is 1. The fraction of sp³-hybridized carbons (Fsp3) is 0.318. The van der Waals surface area contributed by atoms with E-state index in [1.165, 1.54) is 11.3 Å². The molecule has 2 aromatic heterocycles. The zero-order chi connectivity index (χ0) is 21.1. The van der Waals surface area contributed by atoms with Gasteiger partial charge in [-0.15, -0.1) is 11.3 Å². The number of thiophene rings is 1. The van der Waals surface area contributed by atoms with Crippen molar-refractivity contribution in [3.8, 4) is 10.6 Å². The van der Waals surface area contributed by atoms with Crippen LogP contribution >= 0.6 is 11.3 Å². The molecule has 0 radical (unpaired) electrons. The Bertz CT molecular complexity index is 1040. The van der Waals surface area contributed by atoms with Gasteiger partial charge in [0.2, 0.25) is 5.95 Å². The normalized spacial score (nSPS) is 17.2. The van der Waals surface area contributed by atoms with Crippen LogP contribution in [0.3, 0.4) is 0 Å². The van der Waals surface area contributed by atoms with Crippen LogP contribution in [-0.2, 0) is 4.74 Å². The molecule has 3 aromatic rings. The number of methoxy groups -OCH3 is 1. The Kier molecular flexibility index (Phi) is 6.08. The number of nitrogens with one attached hydrogen (secondary N) is 1. The molecule has 1 aliphatic heterocycles. The fourth-order valence-corrected chi connectivity index (χ4v) is 4.36. The van der Waals surface area contributed by atoms with Crippen LogP contribution in [0.15, 0.2) is 48.7 Å². The molecular weight excluding hydrogens is 400 g/mol. The maximum atomic E-state index is 12.8. The van der Waals surface area contributed by atoms with Crippen LogP contribution in [0.5, 0.6) is 0 Å². The molecule has 1 amide bonds. The van der Waals surface area contributed by atoms with Crippen molar-refractivity contribution in [1.82, 2.24) is 14.9 Å². The van der Waals surface area contributed by atoms with Gasteiger partial charge >= 0.3 is 0 Å². The lowest BCUT2D eigenvalue weighted by Gasteiger charge is -2.14. The second-order valence-electron chi connectivity index (χ2n) is 7.25. The summed E-state index contributed by atoms with van der Waals surface area (Å²) in [6, 6.07) is 13.1. The van der Waals surface area contributed by atoms with Gasteiger partial charge in [0.1, 0.15) is 0 Å². The molecular formula is C22H24N4O3S. The number of ether oxygens (including phenoxy) is 1. The third-order valence-electron chi connectivity index (χ3n) is 5.12. The van der Waals surface area contributed by atoms with Crippen LogP contribution in [0.2, 0.25) is 0 Å². The van der Waals surface area contributed by atoms with E-state index in [1.54, 1.807) is 20.2 Å². The van der Waals surface area contributed by atoms with Crippen molar-refractivity contribution in [2.45, 2.75) is 25.6 Å². The van der Waals surface area contributed by atoms with E-state index < -0.39 is 6.10 Å². The molecule has 156 valence electrons. The monoisotopic (exact) mass is 424 g/mol. The summed E-state index contributed by atoms with van der Waals surface area (Å²) >= 11 is 1.43. The maximum absolute atomic E-state index is 12.8. The number of benzene rings is 1. The number of rotatable bonds is 6. The fourth-order valence-electron chi connectivity index (χ4n) is 3.41. The second-order valence-corrected chi connectivity index (χ2v) is 8.34.